The van der Waals surface area contributed by atoms with E-state index in [1.54, 1.807) is 4.57 Å². The summed E-state index contributed by atoms with van der Waals surface area (Å²) in [7, 11) is 0. The number of carboxylic acids is 1. The first kappa shape index (κ1) is 12.8. The Hall–Kier alpha value is -1.63. The van der Waals surface area contributed by atoms with Crippen molar-refractivity contribution in [3.63, 3.8) is 0 Å². The van der Waals surface area contributed by atoms with Crippen LogP contribution in [0, 0.1) is 6.92 Å². The molecular weight excluding hydrogens is 300 g/mol. The Morgan fingerprint density at radius 2 is 2.28 bits per heavy atom. The molecule has 0 spiro atoms. The third kappa shape index (κ3) is 2.31. The van der Waals surface area contributed by atoms with Gasteiger partial charge in [0.15, 0.2) is 5.69 Å². The van der Waals surface area contributed by atoms with Crippen LogP contribution in [0.2, 0.25) is 0 Å². The van der Waals surface area contributed by atoms with Gasteiger partial charge >= 0.3 is 5.97 Å². The highest BCUT2D eigenvalue weighted by molar-refractivity contribution is 9.10. The zero-order valence-corrected chi connectivity index (χ0v) is 11.7. The molecule has 96 valence electrons. The van der Waals surface area contributed by atoms with Crippen molar-refractivity contribution in [2.24, 2.45) is 0 Å². The van der Waals surface area contributed by atoms with Crippen LogP contribution in [0.3, 0.4) is 0 Å². The average molecular weight is 313 g/mol. The third-order valence-corrected chi connectivity index (χ3v) is 3.67. The molecule has 2 aromatic rings. The van der Waals surface area contributed by atoms with E-state index in [9.17, 15) is 4.79 Å². The summed E-state index contributed by atoms with van der Waals surface area (Å²) in [6, 6.07) is 0. The van der Waals surface area contributed by atoms with Crippen molar-refractivity contribution in [3.8, 4) is 0 Å². The van der Waals surface area contributed by atoms with E-state index in [0.717, 1.165) is 22.4 Å². The van der Waals surface area contributed by atoms with Gasteiger partial charge < -0.3 is 9.67 Å². The molecule has 2 heterocycles. The second kappa shape index (κ2) is 4.93. The lowest BCUT2D eigenvalue weighted by molar-refractivity contribution is 0.0691. The lowest BCUT2D eigenvalue weighted by Crippen LogP contribution is -2.07. The highest BCUT2D eigenvalue weighted by atomic mass is 79.9. The Morgan fingerprint density at radius 3 is 2.83 bits per heavy atom. The number of rotatable bonds is 4. The first-order chi connectivity index (χ1) is 8.52. The average Bonchev–Trinajstić information content (AvgIpc) is 2.89. The number of aromatic nitrogens is 4. The fourth-order valence-corrected chi connectivity index (χ4v) is 2.16. The first-order valence-electron chi connectivity index (χ1n) is 5.49. The van der Waals surface area contributed by atoms with E-state index in [2.05, 4.69) is 26.0 Å². The highest BCUT2D eigenvalue weighted by Crippen LogP contribution is 2.21. The molecule has 7 heteroatoms. The molecule has 0 saturated carbocycles. The normalized spacial score (nSPS) is 10.8. The molecule has 0 atom stereocenters. The van der Waals surface area contributed by atoms with Crippen LogP contribution in [0.15, 0.2) is 17.0 Å². The molecule has 0 aliphatic rings. The summed E-state index contributed by atoms with van der Waals surface area (Å²) in [6.07, 6.45) is 3.02. The van der Waals surface area contributed by atoms with Gasteiger partial charge in [0.05, 0.1) is 28.7 Å². The summed E-state index contributed by atoms with van der Waals surface area (Å²) in [6.45, 7) is 5.24. The predicted molar refractivity (Wildman–Crippen MR) is 68.6 cm³/mol. The standard InChI is InChI=1S/C11H13BrN4O2/c1-3-16-9(10(12)7(2)14-16)5-15-4-8(11(17)18)13-6-15/h4,6H,3,5H2,1-2H3,(H,17,18). The Kier molecular flexibility index (Phi) is 3.51. The summed E-state index contributed by atoms with van der Waals surface area (Å²) in [4.78, 5) is 14.6. The van der Waals surface area contributed by atoms with E-state index < -0.39 is 5.97 Å². The van der Waals surface area contributed by atoms with E-state index in [4.69, 9.17) is 5.11 Å². The Labute approximate surface area is 112 Å². The van der Waals surface area contributed by atoms with Gasteiger partial charge in [-0.2, -0.15) is 5.10 Å². The lowest BCUT2D eigenvalue weighted by atomic mass is 10.3. The summed E-state index contributed by atoms with van der Waals surface area (Å²) < 4.78 is 4.58. The number of nitrogens with zero attached hydrogens (tertiary/aromatic N) is 4. The molecule has 0 aliphatic carbocycles. The fraction of sp³-hybridized carbons (Fsp3) is 0.364. The molecule has 2 aromatic heterocycles. The molecule has 1 N–H and O–H groups in total. The van der Waals surface area contributed by atoms with Crippen LogP contribution < -0.4 is 0 Å². The number of halogens is 1. The first-order valence-corrected chi connectivity index (χ1v) is 6.29. The molecule has 0 aromatic carbocycles. The maximum absolute atomic E-state index is 10.8. The van der Waals surface area contributed by atoms with Gasteiger partial charge in [0.25, 0.3) is 0 Å². The molecule has 18 heavy (non-hydrogen) atoms. The maximum atomic E-state index is 10.8. The summed E-state index contributed by atoms with van der Waals surface area (Å²) >= 11 is 3.50. The van der Waals surface area contributed by atoms with Gasteiger partial charge in [-0.05, 0) is 29.8 Å². The highest BCUT2D eigenvalue weighted by Gasteiger charge is 2.13. The van der Waals surface area contributed by atoms with E-state index in [1.165, 1.54) is 12.5 Å². The third-order valence-electron chi connectivity index (χ3n) is 2.64. The van der Waals surface area contributed by atoms with Crippen molar-refractivity contribution in [1.82, 2.24) is 19.3 Å². The van der Waals surface area contributed by atoms with E-state index >= 15 is 0 Å². The van der Waals surface area contributed by atoms with Crippen molar-refractivity contribution in [1.29, 1.82) is 0 Å². The van der Waals surface area contributed by atoms with Crippen molar-refractivity contribution in [3.05, 3.63) is 34.1 Å². The molecule has 2 rings (SSSR count). The maximum Gasteiger partial charge on any atom is 0.356 e. The van der Waals surface area contributed by atoms with Crippen molar-refractivity contribution >= 4 is 21.9 Å². The Bertz CT molecular complexity index is 588. The lowest BCUT2D eigenvalue weighted by Gasteiger charge is -2.05. The number of imidazole rings is 1. The molecule has 0 aliphatic heterocycles. The monoisotopic (exact) mass is 312 g/mol. The van der Waals surface area contributed by atoms with E-state index in [0.29, 0.717) is 6.54 Å². The molecule has 0 amide bonds. The van der Waals surface area contributed by atoms with Crippen LogP contribution in [-0.4, -0.2) is 30.4 Å². The van der Waals surface area contributed by atoms with E-state index in [1.807, 2.05) is 18.5 Å². The van der Waals surface area contributed by atoms with Crippen LogP contribution in [0.25, 0.3) is 0 Å². The van der Waals surface area contributed by atoms with Gasteiger partial charge in [0.1, 0.15) is 0 Å². The second-order valence-corrected chi connectivity index (χ2v) is 4.69. The van der Waals surface area contributed by atoms with Crippen molar-refractivity contribution in [2.45, 2.75) is 26.9 Å². The summed E-state index contributed by atoms with van der Waals surface area (Å²) in [5, 5.41) is 13.2. The predicted octanol–water partition coefficient (Wildman–Crippen LogP) is 1.92. The summed E-state index contributed by atoms with van der Waals surface area (Å²) in [5.41, 5.74) is 1.97. The molecule has 0 bridgehead atoms. The van der Waals surface area contributed by atoms with Crippen LogP contribution in [0.4, 0.5) is 0 Å². The number of aromatic carboxylic acids is 1. The molecular formula is C11H13BrN4O2. The van der Waals surface area contributed by atoms with Crippen LogP contribution in [0.5, 0.6) is 0 Å². The summed E-state index contributed by atoms with van der Waals surface area (Å²) in [5.74, 6) is -1.02. The minimum absolute atomic E-state index is 0.0467. The van der Waals surface area contributed by atoms with Gasteiger partial charge in [-0.1, -0.05) is 0 Å². The number of aryl methyl sites for hydroxylation is 2. The smallest absolute Gasteiger partial charge is 0.356 e. The fourth-order valence-electron chi connectivity index (χ4n) is 1.75. The zero-order chi connectivity index (χ0) is 13.3. The minimum Gasteiger partial charge on any atom is -0.476 e. The van der Waals surface area contributed by atoms with Crippen molar-refractivity contribution < 1.29 is 9.90 Å². The Balaban J connectivity index is 2.30. The largest absolute Gasteiger partial charge is 0.476 e. The second-order valence-electron chi connectivity index (χ2n) is 3.90. The van der Waals surface area contributed by atoms with Gasteiger partial charge in [-0.3, -0.25) is 4.68 Å². The number of carbonyl (C=O) groups is 1. The number of hydrogen-bond acceptors (Lipinski definition) is 3. The van der Waals surface area contributed by atoms with Crippen LogP contribution in [0.1, 0.15) is 28.8 Å². The van der Waals surface area contributed by atoms with Crippen LogP contribution in [-0.2, 0) is 13.1 Å². The SMILES string of the molecule is CCn1nc(C)c(Br)c1Cn1cnc(C(=O)O)c1. The topological polar surface area (TPSA) is 72.9 Å². The van der Waals surface area contributed by atoms with Crippen molar-refractivity contribution in [2.75, 3.05) is 0 Å². The van der Waals surface area contributed by atoms with Gasteiger partial charge in [-0.15, -0.1) is 0 Å². The van der Waals surface area contributed by atoms with Gasteiger partial charge in [0, 0.05) is 12.7 Å². The number of hydrogen-bond donors (Lipinski definition) is 1. The van der Waals surface area contributed by atoms with E-state index in [-0.39, 0.29) is 5.69 Å². The molecule has 0 fully saturated rings. The molecule has 0 unspecified atom stereocenters. The van der Waals surface area contributed by atoms with Gasteiger partial charge in [-0.25, -0.2) is 9.78 Å². The Morgan fingerprint density at radius 1 is 1.56 bits per heavy atom. The quantitative estimate of drug-likeness (QED) is 0.936. The van der Waals surface area contributed by atoms with Gasteiger partial charge in [0.2, 0.25) is 0 Å². The minimum atomic E-state index is -1.02. The zero-order valence-electron chi connectivity index (χ0n) is 10.1. The number of carboxylic acid groups (broad SMARTS) is 1. The molecule has 0 saturated heterocycles. The molecule has 0 radical (unpaired) electrons. The van der Waals surface area contributed by atoms with Crippen LogP contribution >= 0.6 is 15.9 Å². The molecule has 6 nitrogen and oxygen atoms in total.